The van der Waals surface area contributed by atoms with Gasteiger partial charge in [0.2, 0.25) is 0 Å². The fourth-order valence-corrected chi connectivity index (χ4v) is 5.43. The molecule has 4 rings (SSSR count). The molecule has 0 fully saturated rings. The van der Waals surface area contributed by atoms with Crippen molar-refractivity contribution in [2.24, 2.45) is 0 Å². The van der Waals surface area contributed by atoms with E-state index in [9.17, 15) is 0 Å². The van der Waals surface area contributed by atoms with Gasteiger partial charge in [0.15, 0.2) is 5.16 Å². The second-order valence-corrected chi connectivity index (χ2v) is 9.97. The number of thiophene rings is 1. The molecule has 7 heteroatoms. The topological polar surface area (TPSA) is 70.3 Å². The Morgan fingerprint density at radius 3 is 2.72 bits per heavy atom. The Balaban J connectivity index is 1.52. The minimum Gasteiger partial charge on any atom is -0.491 e. The molecule has 1 aromatic carbocycles. The van der Waals surface area contributed by atoms with Crippen LogP contribution in [0, 0.1) is 0 Å². The van der Waals surface area contributed by atoms with Crippen molar-refractivity contribution in [3.8, 4) is 5.75 Å². The van der Waals surface area contributed by atoms with E-state index in [0.29, 0.717) is 12.4 Å². The maximum Gasteiger partial charge on any atom is 0.191 e. The molecule has 2 N–H and O–H groups in total. The third kappa shape index (κ3) is 4.37. The standard InChI is InChI=1S/C22H27N3O2S2/c1-5-22(4)10-16-17(11-26-22)29-20-18(16)19(23)24-21(25-20)28-12-14-6-8-15(9-7-14)27-13(2)3/h6-9,13H,5,10-12H2,1-4H3,(H2,23,24,25)/t22-/m0/s1. The summed E-state index contributed by atoms with van der Waals surface area (Å²) >= 11 is 3.29. The van der Waals surface area contributed by atoms with Crippen LogP contribution in [0.25, 0.3) is 10.2 Å². The van der Waals surface area contributed by atoms with Crippen molar-refractivity contribution < 1.29 is 9.47 Å². The number of nitrogens with two attached hydrogens (primary N) is 1. The van der Waals surface area contributed by atoms with Crippen molar-refractivity contribution in [3.63, 3.8) is 0 Å². The van der Waals surface area contributed by atoms with Crippen LogP contribution in [0.3, 0.4) is 0 Å². The summed E-state index contributed by atoms with van der Waals surface area (Å²) in [5.41, 5.74) is 8.72. The monoisotopic (exact) mass is 429 g/mol. The van der Waals surface area contributed by atoms with E-state index < -0.39 is 0 Å². The number of hydrogen-bond donors (Lipinski definition) is 1. The molecule has 154 valence electrons. The highest BCUT2D eigenvalue weighted by molar-refractivity contribution is 7.98. The normalized spacial score (nSPS) is 18.9. The molecular formula is C22H27N3O2S2. The lowest BCUT2D eigenvalue weighted by atomic mass is 9.90. The molecule has 0 amide bonds. The summed E-state index contributed by atoms with van der Waals surface area (Å²) in [5, 5.41) is 1.74. The van der Waals surface area contributed by atoms with Crippen LogP contribution in [0.2, 0.25) is 0 Å². The van der Waals surface area contributed by atoms with E-state index in [0.717, 1.165) is 39.7 Å². The van der Waals surface area contributed by atoms with Gasteiger partial charge in [-0.25, -0.2) is 9.97 Å². The Morgan fingerprint density at radius 1 is 1.28 bits per heavy atom. The van der Waals surface area contributed by atoms with E-state index in [1.807, 2.05) is 26.0 Å². The van der Waals surface area contributed by atoms with Gasteiger partial charge in [0.05, 0.1) is 23.7 Å². The van der Waals surface area contributed by atoms with E-state index in [4.69, 9.17) is 20.2 Å². The Bertz CT molecular complexity index is 1020. The molecule has 5 nitrogen and oxygen atoms in total. The predicted octanol–water partition coefficient (Wildman–Crippen LogP) is 5.59. The zero-order valence-electron chi connectivity index (χ0n) is 17.3. The first-order chi connectivity index (χ1) is 13.9. The quantitative estimate of drug-likeness (QED) is 0.407. The lowest BCUT2D eigenvalue weighted by Crippen LogP contribution is -2.33. The molecule has 1 aliphatic rings. The number of thioether (sulfide) groups is 1. The Kier molecular flexibility index (Phi) is 5.73. The Labute approximate surface area is 180 Å². The third-order valence-corrected chi connectivity index (χ3v) is 7.27. The van der Waals surface area contributed by atoms with Gasteiger partial charge in [0.25, 0.3) is 0 Å². The Morgan fingerprint density at radius 2 is 2.03 bits per heavy atom. The minimum absolute atomic E-state index is 0.133. The molecule has 0 aliphatic carbocycles. The van der Waals surface area contributed by atoms with Crippen molar-refractivity contribution in [2.45, 2.75) is 69.8 Å². The average Bonchev–Trinajstić information content (AvgIpc) is 3.05. The van der Waals surface area contributed by atoms with Crippen molar-refractivity contribution in [1.82, 2.24) is 9.97 Å². The number of rotatable bonds is 6. The summed E-state index contributed by atoms with van der Waals surface area (Å²) < 4.78 is 11.8. The average molecular weight is 430 g/mol. The summed E-state index contributed by atoms with van der Waals surface area (Å²) in [4.78, 5) is 11.6. The minimum atomic E-state index is -0.133. The van der Waals surface area contributed by atoms with Crippen LogP contribution < -0.4 is 10.5 Å². The molecule has 1 aliphatic heterocycles. The second-order valence-electron chi connectivity index (χ2n) is 7.94. The number of fused-ring (bicyclic) bond motifs is 3. The maximum absolute atomic E-state index is 6.38. The van der Waals surface area contributed by atoms with E-state index in [2.05, 4.69) is 31.0 Å². The van der Waals surface area contributed by atoms with Crippen LogP contribution in [0.1, 0.15) is 50.1 Å². The van der Waals surface area contributed by atoms with E-state index >= 15 is 0 Å². The van der Waals surface area contributed by atoms with Gasteiger partial charge in [-0.15, -0.1) is 11.3 Å². The van der Waals surface area contributed by atoms with Crippen LogP contribution in [-0.4, -0.2) is 21.7 Å². The molecule has 2 aromatic heterocycles. The Hall–Kier alpha value is -1.83. The second kappa shape index (κ2) is 8.13. The highest BCUT2D eigenvalue weighted by Crippen LogP contribution is 2.41. The zero-order valence-corrected chi connectivity index (χ0v) is 19.0. The summed E-state index contributed by atoms with van der Waals surface area (Å²) in [6.45, 7) is 9.01. The van der Waals surface area contributed by atoms with Gasteiger partial charge in [-0.05, 0) is 50.5 Å². The molecule has 0 saturated carbocycles. The summed E-state index contributed by atoms with van der Waals surface area (Å²) in [5.74, 6) is 2.26. The summed E-state index contributed by atoms with van der Waals surface area (Å²) in [6, 6.07) is 8.18. The number of nitrogens with zero attached hydrogens (tertiary/aromatic N) is 2. The number of aromatic nitrogens is 2. The van der Waals surface area contributed by atoms with E-state index in [1.54, 1.807) is 23.1 Å². The van der Waals surface area contributed by atoms with Crippen LogP contribution in [0.4, 0.5) is 5.82 Å². The highest BCUT2D eigenvalue weighted by Gasteiger charge is 2.33. The van der Waals surface area contributed by atoms with E-state index in [-0.39, 0.29) is 11.7 Å². The van der Waals surface area contributed by atoms with Crippen LogP contribution >= 0.6 is 23.1 Å². The van der Waals surface area contributed by atoms with E-state index in [1.165, 1.54) is 16.0 Å². The maximum atomic E-state index is 6.38. The number of benzene rings is 1. The molecular weight excluding hydrogens is 402 g/mol. The van der Waals surface area contributed by atoms with Gasteiger partial charge in [-0.2, -0.15) is 0 Å². The lowest BCUT2D eigenvalue weighted by Gasteiger charge is -2.33. The van der Waals surface area contributed by atoms with Gasteiger partial charge in [-0.3, -0.25) is 0 Å². The summed E-state index contributed by atoms with van der Waals surface area (Å²) in [7, 11) is 0. The van der Waals surface area contributed by atoms with Crippen molar-refractivity contribution >= 4 is 39.1 Å². The molecule has 3 aromatic rings. The fourth-order valence-electron chi connectivity index (χ4n) is 3.46. The van der Waals surface area contributed by atoms with Gasteiger partial charge in [0.1, 0.15) is 16.4 Å². The highest BCUT2D eigenvalue weighted by atomic mass is 32.2. The van der Waals surface area contributed by atoms with Crippen molar-refractivity contribution in [3.05, 3.63) is 40.3 Å². The van der Waals surface area contributed by atoms with Gasteiger partial charge in [-0.1, -0.05) is 30.8 Å². The molecule has 0 unspecified atom stereocenters. The van der Waals surface area contributed by atoms with Crippen molar-refractivity contribution in [1.29, 1.82) is 0 Å². The summed E-state index contributed by atoms with van der Waals surface area (Å²) in [6.07, 6.45) is 2.01. The number of nitrogen functional groups attached to an aromatic ring is 1. The molecule has 3 heterocycles. The molecule has 1 atom stereocenters. The lowest BCUT2D eigenvalue weighted by molar-refractivity contribution is -0.0542. The SMILES string of the molecule is CC[C@@]1(C)Cc2c(sc3nc(SCc4ccc(OC(C)C)cc4)nc(N)c23)CO1. The molecule has 0 saturated heterocycles. The molecule has 29 heavy (non-hydrogen) atoms. The zero-order chi connectivity index (χ0) is 20.6. The first-order valence-corrected chi connectivity index (χ1v) is 11.8. The number of ether oxygens (including phenoxy) is 2. The molecule has 0 spiro atoms. The number of anilines is 1. The smallest absolute Gasteiger partial charge is 0.191 e. The van der Waals surface area contributed by atoms with Crippen LogP contribution in [0.15, 0.2) is 29.4 Å². The van der Waals surface area contributed by atoms with Crippen molar-refractivity contribution in [2.75, 3.05) is 5.73 Å². The largest absolute Gasteiger partial charge is 0.491 e. The fraction of sp³-hybridized carbons (Fsp3) is 0.455. The van der Waals surface area contributed by atoms with Crippen LogP contribution in [-0.2, 0) is 23.5 Å². The predicted molar refractivity (Wildman–Crippen MR) is 121 cm³/mol. The van der Waals surface area contributed by atoms with Gasteiger partial charge < -0.3 is 15.2 Å². The first kappa shape index (κ1) is 20.4. The van der Waals surface area contributed by atoms with Gasteiger partial charge in [0, 0.05) is 17.1 Å². The van der Waals surface area contributed by atoms with Gasteiger partial charge >= 0.3 is 0 Å². The molecule has 0 bridgehead atoms. The third-order valence-electron chi connectivity index (χ3n) is 5.25. The van der Waals surface area contributed by atoms with Crippen LogP contribution in [0.5, 0.6) is 5.75 Å². The first-order valence-electron chi connectivity index (χ1n) is 9.97. The molecule has 0 radical (unpaired) electrons. The number of hydrogen-bond acceptors (Lipinski definition) is 7.